The van der Waals surface area contributed by atoms with E-state index >= 15 is 0 Å². The van der Waals surface area contributed by atoms with Crippen LogP contribution in [0.4, 0.5) is 5.69 Å². The Labute approximate surface area is 110 Å². The van der Waals surface area contributed by atoms with Gasteiger partial charge < -0.3 is 0 Å². The molecule has 5 nitrogen and oxygen atoms in total. The van der Waals surface area contributed by atoms with Crippen LogP contribution in [0.1, 0.15) is 0 Å². The molecule has 0 spiro atoms. The number of nitrogens with zero attached hydrogens (tertiary/aromatic N) is 1. The molecule has 96 valence electrons. The lowest BCUT2D eigenvalue weighted by atomic mass is 10.1. The molecule has 0 bridgehead atoms. The average molecular weight is 273 g/mol. The van der Waals surface area contributed by atoms with Crippen LogP contribution < -0.4 is 4.72 Å². The van der Waals surface area contributed by atoms with Crippen LogP contribution in [0, 0.1) is 0 Å². The highest BCUT2D eigenvalue weighted by molar-refractivity contribution is 7.92. The Morgan fingerprint density at radius 3 is 2.63 bits per heavy atom. The Balaban J connectivity index is 2.07. The predicted molar refractivity (Wildman–Crippen MR) is 73.3 cm³/mol. The first-order valence-corrected chi connectivity index (χ1v) is 7.14. The molecule has 1 heterocycles. The predicted octanol–water partition coefficient (Wildman–Crippen LogP) is 2.36. The number of anilines is 1. The number of sulfonamides is 1. The third-order valence-corrected chi connectivity index (χ3v) is 4.15. The normalized spacial score (nSPS) is 11.6. The van der Waals surface area contributed by atoms with E-state index in [4.69, 9.17) is 0 Å². The molecule has 0 aliphatic heterocycles. The van der Waals surface area contributed by atoms with Gasteiger partial charge in [-0.25, -0.2) is 8.42 Å². The van der Waals surface area contributed by atoms with Gasteiger partial charge in [0.05, 0.1) is 11.9 Å². The zero-order chi connectivity index (χ0) is 13.3. The van der Waals surface area contributed by atoms with Gasteiger partial charge in [0.15, 0.2) is 0 Å². The second kappa shape index (κ2) is 4.40. The maximum atomic E-state index is 12.1. The van der Waals surface area contributed by atoms with Crippen LogP contribution in [-0.2, 0) is 10.0 Å². The third kappa shape index (κ3) is 2.17. The molecule has 1 aromatic heterocycles. The summed E-state index contributed by atoms with van der Waals surface area (Å²) < 4.78 is 26.8. The highest BCUT2D eigenvalue weighted by Gasteiger charge is 2.16. The lowest BCUT2D eigenvalue weighted by Crippen LogP contribution is -2.12. The van der Waals surface area contributed by atoms with E-state index in [1.54, 1.807) is 6.07 Å². The van der Waals surface area contributed by atoms with E-state index in [9.17, 15) is 8.42 Å². The zero-order valence-electron chi connectivity index (χ0n) is 9.87. The van der Waals surface area contributed by atoms with Crippen molar-refractivity contribution in [3.8, 4) is 0 Å². The summed E-state index contributed by atoms with van der Waals surface area (Å²) in [5.41, 5.74) is 0.555. The second-order valence-corrected chi connectivity index (χ2v) is 5.75. The number of aromatic nitrogens is 2. The molecule has 0 aliphatic rings. The number of benzene rings is 2. The van der Waals surface area contributed by atoms with Gasteiger partial charge in [-0.15, -0.1) is 0 Å². The number of hydrogen-bond donors (Lipinski definition) is 2. The van der Waals surface area contributed by atoms with Crippen LogP contribution in [0.25, 0.3) is 10.8 Å². The van der Waals surface area contributed by atoms with Crippen LogP contribution in [0.3, 0.4) is 0 Å². The fourth-order valence-corrected chi connectivity index (χ4v) is 2.89. The number of nitrogens with one attached hydrogen (secondary N) is 2. The molecule has 3 aromatic rings. The Bertz CT molecular complexity index is 806. The van der Waals surface area contributed by atoms with Crippen LogP contribution in [0.2, 0.25) is 0 Å². The van der Waals surface area contributed by atoms with Crippen LogP contribution in [-0.4, -0.2) is 18.6 Å². The van der Waals surface area contributed by atoms with Crippen LogP contribution in [0.5, 0.6) is 0 Å². The minimum Gasteiger partial charge on any atom is -0.284 e. The van der Waals surface area contributed by atoms with Gasteiger partial charge in [0, 0.05) is 11.6 Å². The van der Waals surface area contributed by atoms with Crippen molar-refractivity contribution in [2.75, 3.05) is 4.72 Å². The van der Waals surface area contributed by atoms with Gasteiger partial charge in [-0.05, 0) is 11.5 Å². The Hall–Kier alpha value is -2.34. The lowest BCUT2D eigenvalue weighted by molar-refractivity contribution is 0.601. The fraction of sp³-hybridized carbons (Fsp3) is 0. The average Bonchev–Trinajstić information content (AvgIpc) is 2.93. The monoisotopic (exact) mass is 273 g/mol. The van der Waals surface area contributed by atoms with Crippen molar-refractivity contribution in [2.24, 2.45) is 0 Å². The van der Waals surface area contributed by atoms with Crippen molar-refractivity contribution in [1.29, 1.82) is 0 Å². The summed E-state index contributed by atoms with van der Waals surface area (Å²) in [6, 6.07) is 13.1. The summed E-state index contributed by atoms with van der Waals surface area (Å²) >= 11 is 0. The van der Waals surface area contributed by atoms with Crippen LogP contribution >= 0.6 is 0 Å². The second-order valence-electron chi connectivity index (χ2n) is 4.07. The molecule has 19 heavy (non-hydrogen) atoms. The van der Waals surface area contributed by atoms with Gasteiger partial charge in [0.1, 0.15) is 4.90 Å². The van der Waals surface area contributed by atoms with Crippen molar-refractivity contribution in [2.45, 2.75) is 4.90 Å². The Kier molecular flexibility index (Phi) is 2.72. The van der Waals surface area contributed by atoms with E-state index < -0.39 is 10.0 Å². The fourth-order valence-electron chi connectivity index (χ4n) is 1.90. The van der Waals surface area contributed by atoms with Crippen molar-refractivity contribution < 1.29 is 8.42 Å². The van der Waals surface area contributed by atoms with Gasteiger partial charge in [-0.1, -0.05) is 36.4 Å². The largest absolute Gasteiger partial charge is 0.284 e. The molecule has 2 N–H and O–H groups in total. The van der Waals surface area contributed by atoms with E-state index in [1.807, 2.05) is 36.4 Å². The van der Waals surface area contributed by atoms with Crippen molar-refractivity contribution >= 4 is 26.5 Å². The van der Waals surface area contributed by atoms with E-state index in [-0.39, 0.29) is 4.90 Å². The van der Waals surface area contributed by atoms with Crippen molar-refractivity contribution in [3.63, 3.8) is 0 Å². The molecule has 0 radical (unpaired) electrons. The molecular formula is C13H11N3O2S. The molecule has 0 saturated heterocycles. The molecule has 2 aromatic carbocycles. The van der Waals surface area contributed by atoms with Gasteiger partial charge in [-0.3, -0.25) is 9.82 Å². The highest BCUT2D eigenvalue weighted by Crippen LogP contribution is 2.25. The summed E-state index contributed by atoms with van der Waals surface area (Å²) in [4.78, 5) is 0.112. The SMILES string of the molecule is O=S(=O)(Nc1cccc2ccccc12)c1cn[nH]c1. The molecular weight excluding hydrogens is 262 g/mol. The molecule has 6 heteroatoms. The summed E-state index contributed by atoms with van der Waals surface area (Å²) in [6.07, 6.45) is 2.61. The minimum atomic E-state index is -3.61. The maximum Gasteiger partial charge on any atom is 0.265 e. The van der Waals surface area contributed by atoms with Gasteiger partial charge in [0.2, 0.25) is 0 Å². The Morgan fingerprint density at radius 1 is 1.05 bits per heavy atom. The van der Waals surface area contributed by atoms with Gasteiger partial charge >= 0.3 is 0 Å². The summed E-state index contributed by atoms with van der Waals surface area (Å²) in [7, 11) is -3.61. The summed E-state index contributed by atoms with van der Waals surface area (Å²) in [6.45, 7) is 0. The van der Waals surface area contributed by atoms with E-state index in [2.05, 4.69) is 14.9 Å². The number of rotatable bonds is 3. The van der Waals surface area contributed by atoms with E-state index in [0.717, 1.165) is 10.8 Å². The lowest BCUT2D eigenvalue weighted by Gasteiger charge is -2.09. The molecule has 0 fully saturated rings. The van der Waals surface area contributed by atoms with Crippen molar-refractivity contribution in [3.05, 3.63) is 54.9 Å². The maximum absolute atomic E-state index is 12.1. The summed E-state index contributed by atoms with van der Waals surface area (Å²) in [5.74, 6) is 0. The molecule has 0 atom stereocenters. The van der Waals surface area contributed by atoms with E-state index in [1.165, 1.54) is 12.4 Å². The minimum absolute atomic E-state index is 0.112. The van der Waals surface area contributed by atoms with Gasteiger partial charge in [-0.2, -0.15) is 5.10 Å². The van der Waals surface area contributed by atoms with E-state index in [0.29, 0.717) is 5.69 Å². The number of fused-ring (bicyclic) bond motifs is 1. The molecule has 3 rings (SSSR count). The first-order valence-electron chi connectivity index (χ1n) is 5.66. The molecule has 0 aliphatic carbocycles. The Morgan fingerprint density at radius 2 is 1.84 bits per heavy atom. The first-order chi connectivity index (χ1) is 9.17. The topological polar surface area (TPSA) is 74.8 Å². The molecule has 0 saturated carbocycles. The smallest absolute Gasteiger partial charge is 0.265 e. The molecule has 0 amide bonds. The quantitative estimate of drug-likeness (QED) is 0.769. The zero-order valence-corrected chi connectivity index (χ0v) is 10.7. The van der Waals surface area contributed by atoms with Crippen LogP contribution in [0.15, 0.2) is 59.8 Å². The standard InChI is InChI=1S/C13H11N3O2S/c17-19(18,11-8-14-15-9-11)16-13-7-3-5-10-4-1-2-6-12(10)13/h1-9,16H,(H,14,15). The molecule has 0 unspecified atom stereocenters. The van der Waals surface area contributed by atoms with Crippen molar-refractivity contribution in [1.82, 2.24) is 10.2 Å². The van der Waals surface area contributed by atoms with Gasteiger partial charge in [0.25, 0.3) is 10.0 Å². The third-order valence-electron chi connectivity index (χ3n) is 2.82. The first kappa shape index (κ1) is 11.7. The number of H-pyrrole nitrogens is 1. The number of aromatic amines is 1. The number of hydrogen-bond acceptors (Lipinski definition) is 3. The highest BCUT2D eigenvalue weighted by atomic mass is 32.2. The summed E-state index contributed by atoms with van der Waals surface area (Å²) in [5, 5.41) is 7.98.